The molecule has 1 aliphatic carbocycles. The van der Waals surface area contributed by atoms with E-state index in [0.717, 1.165) is 37.9 Å². The first kappa shape index (κ1) is 19.1. The first-order valence-corrected chi connectivity index (χ1v) is 10.8. The molecule has 7 nitrogen and oxygen atoms in total. The van der Waals surface area contributed by atoms with Gasteiger partial charge in [0.05, 0.1) is 5.39 Å². The van der Waals surface area contributed by atoms with Crippen molar-refractivity contribution in [2.24, 2.45) is 5.92 Å². The third kappa shape index (κ3) is 3.45. The van der Waals surface area contributed by atoms with E-state index in [1.165, 1.54) is 17.8 Å². The highest BCUT2D eigenvalue weighted by Gasteiger charge is 2.26. The van der Waals surface area contributed by atoms with E-state index >= 15 is 0 Å². The number of nitrogens with one attached hydrogen (secondary N) is 1. The second kappa shape index (κ2) is 7.66. The number of hydrogen-bond acceptors (Lipinski definition) is 6. The van der Waals surface area contributed by atoms with Crippen LogP contribution < -0.4 is 10.9 Å². The maximum absolute atomic E-state index is 12.7. The second-order valence-corrected chi connectivity index (χ2v) is 8.84. The van der Waals surface area contributed by atoms with Crippen LogP contribution in [0.2, 0.25) is 0 Å². The van der Waals surface area contributed by atoms with Crippen LogP contribution in [0.1, 0.15) is 60.1 Å². The van der Waals surface area contributed by atoms with Gasteiger partial charge in [-0.05, 0) is 37.7 Å². The van der Waals surface area contributed by atoms with Gasteiger partial charge in [-0.1, -0.05) is 19.8 Å². The molecule has 0 aromatic carbocycles. The molecule has 0 radical (unpaired) electrons. The summed E-state index contributed by atoms with van der Waals surface area (Å²) in [7, 11) is 0. The van der Waals surface area contributed by atoms with Crippen molar-refractivity contribution in [1.82, 2.24) is 14.9 Å². The van der Waals surface area contributed by atoms with Crippen LogP contribution in [0.4, 0.5) is 0 Å². The lowest BCUT2D eigenvalue weighted by atomic mass is 9.86. The first-order valence-electron chi connectivity index (χ1n) is 9.95. The molecule has 0 bridgehead atoms. The van der Waals surface area contributed by atoms with E-state index in [1.54, 1.807) is 11.5 Å². The molecule has 3 heterocycles. The van der Waals surface area contributed by atoms with Crippen LogP contribution in [0.15, 0.2) is 4.79 Å². The van der Waals surface area contributed by atoms with Crippen molar-refractivity contribution in [3.63, 3.8) is 0 Å². The SMILES string of the molecule is Cc1c(C(=O)OCC(=O)N[C@H]2CCCC[C@H]2C)sc2nc3n(c(=O)c12)CCC3. The van der Waals surface area contributed by atoms with Crippen molar-refractivity contribution in [3.8, 4) is 0 Å². The van der Waals surface area contributed by atoms with E-state index in [4.69, 9.17) is 4.74 Å². The summed E-state index contributed by atoms with van der Waals surface area (Å²) in [5, 5.41) is 3.47. The Balaban J connectivity index is 1.46. The fourth-order valence-electron chi connectivity index (χ4n) is 4.25. The number of nitrogens with zero attached hydrogens (tertiary/aromatic N) is 2. The average molecular weight is 404 g/mol. The Hall–Kier alpha value is -2.22. The number of rotatable bonds is 4. The van der Waals surface area contributed by atoms with Crippen LogP contribution in [0.3, 0.4) is 0 Å². The lowest BCUT2D eigenvalue weighted by Crippen LogP contribution is -2.42. The van der Waals surface area contributed by atoms with Crippen molar-refractivity contribution in [2.75, 3.05) is 6.61 Å². The molecule has 2 aromatic heterocycles. The van der Waals surface area contributed by atoms with E-state index in [9.17, 15) is 14.4 Å². The average Bonchev–Trinajstić information content (AvgIpc) is 3.27. The maximum Gasteiger partial charge on any atom is 0.349 e. The van der Waals surface area contributed by atoms with Crippen molar-refractivity contribution in [3.05, 3.63) is 26.6 Å². The molecule has 0 spiro atoms. The lowest BCUT2D eigenvalue weighted by Gasteiger charge is -2.29. The molecule has 2 aromatic rings. The van der Waals surface area contributed by atoms with E-state index < -0.39 is 5.97 Å². The summed E-state index contributed by atoms with van der Waals surface area (Å²) < 4.78 is 6.93. The van der Waals surface area contributed by atoms with Crippen molar-refractivity contribution < 1.29 is 14.3 Å². The highest BCUT2D eigenvalue weighted by Crippen LogP contribution is 2.29. The number of fused-ring (bicyclic) bond motifs is 2. The number of esters is 1. The van der Waals surface area contributed by atoms with Crippen LogP contribution in [-0.4, -0.2) is 34.1 Å². The van der Waals surface area contributed by atoms with E-state index in [0.29, 0.717) is 33.1 Å². The van der Waals surface area contributed by atoms with Crippen LogP contribution in [0.25, 0.3) is 10.2 Å². The largest absolute Gasteiger partial charge is 0.451 e. The summed E-state index contributed by atoms with van der Waals surface area (Å²) in [5.74, 6) is 0.374. The minimum absolute atomic E-state index is 0.0886. The molecule has 28 heavy (non-hydrogen) atoms. The number of thiophene rings is 1. The van der Waals surface area contributed by atoms with Crippen LogP contribution >= 0.6 is 11.3 Å². The van der Waals surface area contributed by atoms with Gasteiger partial charge in [-0.25, -0.2) is 9.78 Å². The number of aromatic nitrogens is 2. The molecule has 0 saturated heterocycles. The fourth-order valence-corrected chi connectivity index (χ4v) is 5.33. The minimum atomic E-state index is -0.572. The third-order valence-electron chi connectivity index (χ3n) is 5.89. The summed E-state index contributed by atoms with van der Waals surface area (Å²) in [5.41, 5.74) is 0.500. The number of carbonyl (C=O) groups excluding carboxylic acids is 2. The van der Waals surface area contributed by atoms with Crippen molar-refractivity contribution in [2.45, 2.75) is 65.0 Å². The van der Waals surface area contributed by atoms with Gasteiger partial charge in [0.2, 0.25) is 0 Å². The van der Waals surface area contributed by atoms with Gasteiger partial charge in [-0.2, -0.15) is 0 Å². The lowest BCUT2D eigenvalue weighted by molar-refractivity contribution is -0.125. The molecule has 1 saturated carbocycles. The maximum atomic E-state index is 12.7. The molecule has 0 unspecified atom stereocenters. The normalized spacial score (nSPS) is 21.5. The van der Waals surface area contributed by atoms with E-state index in [-0.39, 0.29) is 24.1 Å². The number of aryl methyl sites for hydroxylation is 2. The minimum Gasteiger partial charge on any atom is -0.451 e. The van der Waals surface area contributed by atoms with E-state index in [1.807, 2.05) is 0 Å². The molecular weight excluding hydrogens is 378 g/mol. The summed E-state index contributed by atoms with van der Waals surface area (Å²) in [4.78, 5) is 42.9. The van der Waals surface area contributed by atoms with Crippen molar-refractivity contribution >= 4 is 33.4 Å². The van der Waals surface area contributed by atoms with Crippen LogP contribution in [0, 0.1) is 12.8 Å². The fraction of sp³-hybridized carbons (Fsp3) is 0.600. The van der Waals surface area contributed by atoms with Crippen LogP contribution in [-0.2, 0) is 22.5 Å². The zero-order chi connectivity index (χ0) is 19.8. The van der Waals surface area contributed by atoms with Gasteiger partial charge in [0.15, 0.2) is 6.61 Å². The Morgan fingerprint density at radius 2 is 2.07 bits per heavy atom. The van der Waals surface area contributed by atoms with Gasteiger partial charge in [-0.15, -0.1) is 11.3 Å². The Labute approximate surface area is 167 Å². The molecule has 4 rings (SSSR count). The summed E-state index contributed by atoms with van der Waals surface area (Å²) in [6.07, 6.45) is 6.09. The highest BCUT2D eigenvalue weighted by atomic mass is 32.1. The molecule has 1 aliphatic heterocycles. The Kier molecular flexibility index (Phi) is 5.23. The van der Waals surface area contributed by atoms with E-state index in [2.05, 4.69) is 17.2 Å². The van der Waals surface area contributed by atoms with Gasteiger partial charge in [0, 0.05) is 19.0 Å². The molecule has 8 heteroatoms. The zero-order valence-corrected chi connectivity index (χ0v) is 17.1. The second-order valence-electron chi connectivity index (χ2n) is 7.84. The van der Waals surface area contributed by atoms with Gasteiger partial charge in [0.1, 0.15) is 15.5 Å². The number of amides is 1. The molecule has 1 amide bonds. The van der Waals surface area contributed by atoms with Gasteiger partial charge >= 0.3 is 5.97 Å². The molecule has 150 valence electrons. The monoisotopic (exact) mass is 403 g/mol. The first-order chi connectivity index (χ1) is 13.5. The van der Waals surface area contributed by atoms with Crippen LogP contribution in [0.5, 0.6) is 0 Å². The van der Waals surface area contributed by atoms with Gasteiger partial charge in [0.25, 0.3) is 11.5 Å². The third-order valence-corrected chi connectivity index (χ3v) is 7.05. The predicted octanol–water partition coefficient (Wildman–Crippen LogP) is 2.56. The van der Waals surface area contributed by atoms with Gasteiger partial charge < -0.3 is 10.1 Å². The molecule has 1 N–H and O–H groups in total. The number of ether oxygens (including phenoxy) is 1. The molecule has 2 aliphatic rings. The summed E-state index contributed by atoms with van der Waals surface area (Å²) in [6.45, 7) is 4.24. The summed E-state index contributed by atoms with van der Waals surface area (Å²) in [6, 6.07) is 0.151. The molecule has 2 atom stereocenters. The topological polar surface area (TPSA) is 90.3 Å². The number of hydrogen-bond donors (Lipinski definition) is 1. The van der Waals surface area contributed by atoms with Gasteiger partial charge in [-0.3, -0.25) is 14.2 Å². The molecule has 1 fully saturated rings. The number of carbonyl (C=O) groups is 2. The highest BCUT2D eigenvalue weighted by molar-refractivity contribution is 7.20. The smallest absolute Gasteiger partial charge is 0.349 e. The zero-order valence-electron chi connectivity index (χ0n) is 16.2. The molecular formula is C20H25N3O4S. The Morgan fingerprint density at radius 3 is 2.86 bits per heavy atom. The Bertz CT molecular complexity index is 993. The standard InChI is InChI=1S/C20H25N3O4S/c1-11-6-3-4-7-13(11)21-15(24)10-27-20(26)17-12(2)16-18(28-17)22-14-8-5-9-23(14)19(16)25/h11,13H,3-10H2,1-2H3,(H,21,24)/t11-,13+/m1/s1. The summed E-state index contributed by atoms with van der Waals surface area (Å²) >= 11 is 1.17. The van der Waals surface area contributed by atoms with Crippen molar-refractivity contribution in [1.29, 1.82) is 0 Å². The quantitative estimate of drug-likeness (QED) is 0.793. The Morgan fingerprint density at radius 1 is 1.29 bits per heavy atom. The predicted molar refractivity (Wildman–Crippen MR) is 107 cm³/mol.